The molecule has 0 unspecified atom stereocenters. The molecule has 0 aliphatic carbocycles. The molecule has 1 heteroatoms. The Morgan fingerprint density at radius 1 is 1.62 bits per heavy atom. The van der Waals surface area contributed by atoms with Crippen LogP contribution in [0.3, 0.4) is 0 Å². The summed E-state index contributed by atoms with van der Waals surface area (Å²) in [5.74, 6) is 0.395. The largest absolute Gasteiger partial charge is 0.513 e. The standard InChI is InChI=1S/C7H12O/c1-3-4-5-6-7(2)8/h3,6,8H,1,4-5H2,2H3/b7-6-. The average molecular weight is 112 g/mol. The highest BCUT2D eigenvalue weighted by Crippen LogP contribution is 1.93. The highest BCUT2D eigenvalue weighted by atomic mass is 16.3. The molecule has 46 valence electrons. The number of aliphatic hydroxyl groups is 1. The van der Waals surface area contributed by atoms with E-state index in [1.54, 1.807) is 13.0 Å². The van der Waals surface area contributed by atoms with E-state index in [-0.39, 0.29) is 0 Å². The highest BCUT2D eigenvalue weighted by molar-refractivity contribution is 4.87. The van der Waals surface area contributed by atoms with Gasteiger partial charge in [0.05, 0.1) is 5.76 Å². The second kappa shape index (κ2) is 4.44. The van der Waals surface area contributed by atoms with Crippen molar-refractivity contribution in [2.45, 2.75) is 19.8 Å². The number of aliphatic hydroxyl groups excluding tert-OH is 1. The predicted octanol–water partition coefficient (Wildman–Crippen LogP) is 2.41. The summed E-state index contributed by atoms with van der Waals surface area (Å²) >= 11 is 0. The van der Waals surface area contributed by atoms with Gasteiger partial charge < -0.3 is 5.11 Å². The second-order valence-corrected chi connectivity index (χ2v) is 1.71. The van der Waals surface area contributed by atoms with Gasteiger partial charge in [-0.15, -0.1) is 6.58 Å². The van der Waals surface area contributed by atoms with Gasteiger partial charge in [-0.1, -0.05) is 6.08 Å². The highest BCUT2D eigenvalue weighted by Gasteiger charge is 1.77. The molecule has 0 saturated heterocycles. The number of hydrogen-bond donors (Lipinski definition) is 1. The van der Waals surface area contributed by atoms with Crippen molar-refractivity contribution in [3.8, 4) is 0 Å². The minimum atomic E-state index is 0.395. The third-order valence-corrected chi connectivity index (χ3v) is 0.811. The monoisotopic (exact) mass is 112 g/mol. The molecule has 0 radical (unpaired) electrons. The molecule has 0 aromatic heterocycles. The van der Waals surface area contributed by atoms with Crippen LogP contribution in [0.25, 0.3) is 0 Å². The first-order valence-electron chi connectivity index (χ1n) is 2.74. The summed E-state index contributed by atoms with van der Waals surface area (Å²) in [4.78, 5) is 0. The minimum Gasteiger partial charge on any atom is -0.513 e. The van der Waals surface area contributed by atoms with Crippen molar-refractivity contribution >= 4 is 0 Å². The summed E-state index contributed by atoms with van der Waals surface area (Å²) in [5, 5.41) is 8.61. The van der Waals surface area contributed by atoms with Crippen molar-refractivity contribution < 1.29 is 5.11 Å². The van der Waals surface area contributed by atoms with Crippen LogP contribution in [0.1, 0.15) is 19.8 Å². The first-order chi connectivity index (χ1) is 3.77. The Labute approximate surface area is 50.3 Å². The van der Waals surface area contributed by atoms with Crippen molar-refractivity contribution in [3.63, 3.8) is 0 Å². The Bertz CT molecular complexity index is 88.6. The topological polar surface area (TPSA) is 20.2 Å². The Hall–Kier alpha value is -0.720. The van der Waals surface area contributed by atoms with Gasteiger partial charge >= 0.3 is 0 Å². The van der Waals surface area contributed by atoms with Crippen molar-refractivity contribution in [2.24, 2.45) is 0 Å². The van der Waals surface area contributed by atoms with Crippen molar-refractivity contribution in [1.29, 1.82) is 0 Å². The van der Waals surface area contributed by atoms with E-state index in [2.05, 4.69) is 6.58 Å². The van der Waals surface area contributed by atoms with Crippen LogP contribution in [0.4, 0.5) is 0 Å². The molecule has 8 heavy (non-hydrogen) atoms. The van der Waals surface area contributed by atoms with Crippen LogP contribution in [0.15, 0.2) is 24.5 Å². The van der Waals surface area contributed by atoms with E-state index < -0.39 is 0 Å². The lowest BCUT2D eigenvalue weighted by atomic mass is 10.3. The second-order valence-electron chi connectivity index (χ2n) is 1.71. The average Bonchev–Trinajstić information content (AvgIpc) is 1.66. The molecule has 0 amide bonds. The van der Waals surface area contributed by atoms with Gasteiger partial charge in [0.2, 0.25) is 0 Å². The molecular weight excluding hydrogens is 100 g/mol. The molecule has 0 aromatic rings. The van der Waals surface area contributed by atoms with Crippen LogP contribution in [-0.2, 0) is 0 Å². The molecule has 0 fully saturated rings. The zero-order valence-corrected chi connectivity index (χ0v) is 5.22. The maximum atomic E-state index is 8.61. The number of unbranched alkanes of at least 4 members (excludes halogenated alkanes) is 1. The molecule has 0 bridgehead atoms. The maximum absolute atomic E-state index is 8.61. The molecule has 1 nitrogen and oxygen atoms in total. The summed E-state index contributed by atoms with van der Waals surface area (Å²) in [6.45, 7) is 5.22. The summed E-state index contributed by atoms with van der Waals surface area (Å²) in [6.07, 6.45) is 5.45. The van der Waals surface area contributed by atoms with E-state index in [9.17, 15) is 0 Å². The number of hydrogen-bond acceptors (Lipinski definition) is 1. The van der Waals surface area contributed by atoms with E-state index >= 15 is 0 Å². The van der Waals surface area contributed by atoms with Crippen LogP contribution in [0.2, 0.25) is 0 Å². The third kappa shape index (κ3) is 5.28. The predicted molar refractivity (Wildman–Crippen MR) is 35.8 cm³/mol. The lowest BCUT2D eigenvalue weighted by molar-refractivity contribution is 0.411. The lowest BCUT2D eigenvalue weighted by Crippen LogP contribution is -1.69. The maximum Gasteiger partial charge on any atom is 0.0852 e. The van der Waals surface area contributed by atoms with Crippen LogP contribution in [0.5, 0.6) is 0 Å². The number of allylic oxidation sites excluding steroid dienone is 3. The minimum absolute atomic E-state index is 0.395. The molecular formula is C7H12O. The smallest absolute Gasteiger partial charge is 0.0852 e. The van der Waals surface area contributed by atoms with Crippen LogP contribution >= 0.6 is 0 Å². The van der Waals surface area contributed by atoms with Crippen molar-refractivity contribution in [2.75, 3.05) is 0 Å². The summed E-state index contributed by atoms with van der Waals surface area (Å²) in [7, 11) is 0. The van der Waals surface area contributed by atoms with Gasteiger partial charge in [0.15, 0.2) is 0 Å². The van der Waals surface area contributed by atoms with E-state index in [0.717, 1.165) is 12.8 Å². The summed E-state index contributed by atoms with van der Waals surface area (Å²) in [6, 6.07) is 0. The Morgan fingerprint density at radius 3 is 2.62 bits per heavy atom. The Morgan fingerprint density at radius 2 is 2.25 bits per heavy atom. The molecule has 0 spiro atoms. The fourth-order valence-electron chi connectivity index (χ4n) is 0.410. The molecule has 0 rings (SSSR count). The van der Waals surface area contributed by atoms with E-state index in [1.807, 2.05) is 6.08 Å². The molecule has 1 N–H and O–H groups in total. The molecule has 0 aliphatic rings. The van der Waals surface area contributed by atoms with Gasteiger partial charge in [-0.05, 0) is 25.8 Å². The van der Waals surface area contributed by atoms with Gasteiger partial charge in [0.25, 0.3) is 0 Å². The number of rotatable bonds is 3. The first kappa shape index (κ1) is 7.28. The van der Waals surface area contributed by atoms with Crippen molar-refractivity contribution in [3.05, 3.63) is 24.5 Å². The quantitative estimate of drug-likeness (QED) is 0.337. The SMILES string of the molecule is C=CCC/C=C(/C)O. The molecule has 0 aromatic carbocycles. The van der Waals surface area contributed by atoms with Gasteiger partial charge in [-0.25, -0.2) is 0 Å². The molecule has 0 saturated carbocycles. The zero-order chi connectivity index (χ0) is 6.41. The van der Waals surface area contributed by atoms with E-state index in [4.69, 9.17) is 5.11 Å². The van der Waals surface area contributed by atoms with Crippen LogP contribution < -0.4 is 0 Å². The Kier molecular flexibility index (Phi) is 4.04. The molecule has 0 aliphatic heterocycles. The van der Waals surface area contributed by atoms with Crippen LogP contribution in [0, 0.1) is 0 Å². The van der Waals surface area contributed by atoms with Gasteiger partial charge in [0.1, 0.15) is 0 Å². The Balaban J connectivity index is 3.15. The zero-order valence-electron chi connectivity index (χ0n) is 5.22. The van der Waals surface area contributed by atoms with Crippen molar-refractivity contribution in [1.82, 2.24) is 0 Å². The van der Waals surface area contributed by atoms with E-state index in [1.165, 1.54) is 0 Å². The molecule has 0 heterocycles. The van der Waals surface area contributed by atoms with Gasteiger partial charge in [-0.2, -0.15) is 0 Å². The van der Waals surface area contributed by atoms with Crippen LogP contribution in [-0.4, -0.2) is 5.11 Å². The first-order valence-corrected chi connectivity index (χ1v) is 2.74. The van der Waals surface area contributed by atoms with Gasteiger partial charge in [0, 0.05) is 0 Å². The lowest BCUT2D eigenvalue weighted by Gasteiger charge is -1.85. The summed E-state index contributed by atoms with van der Waals surface area (Å²) in [5.41, 5.74) is 0. The summed E-state index contributed by atoms with van der Waals surface area (Å²) < 4.78 is 0. The normalized spacial score (nSPS) is 11.4. The third-order valence-electron chi connectivity index (χ3n) is 0.811. The fourth-order valence-corrected chi connectivity index (χ4v) is 0.410. The van der Waals surface area contributed by atoms with Gasteiger partial charge in [-0.3, -0.25) is 0 Å². The molecule has 0 atom stereocenters. The fraction of sp³-hybridized carbons (Fsp3) is 0.429. The van der Waals surface area contributed by atoms with E-state index in [0.29, 0.717) is 5.76 Å².